The third-order valence-corrected chi connectivity index (χ3v) is 3.03. The molecular weight excluding hydrogens is 328 g/mol. The van der Waals surface area contributed by atoms with E-state index in [4.69, 9.17) is 4.74 Å². The summed E-state index contributed by atoms with van der Waals surface area (Å²) in [5, 5.41) is 11.9. The van der Waals surface area contributed by atoms with Crippen LogP contribution in [0.2, 0.25) is 0 Å². The SMILES string of the molecule is COc1cccc(/C([O-])=C/C=C2C=CC=C2)c1.[Fe+2].c1cc[cH-]c1. The maximum absolute atomic E-state index is 11.9. The van der Waals surface area contributed by atoms with Crippen LogP contribution in [0.25, 0.3) is 5.76 Å². The van der Waals surface area contributed by atoms with Crippen LogP contribution in [0, 0.1) is 0 Å². The summed E-state index contributed by atoms with van der Waals surface area (Å²) in [6, 6.07) is 17.1. The molecule has 0 amide bonds. The molecule has 0 unspecified atom stereocenters. The molecule has 0 saturated heterocycles. The molecule has 0 bridgehead atoms. The molecule has 3 rings (SSSR count). The number of methoxy groups -OCH3 is 1. The average molecular weight is 346 g/mol. The van der Waals surface area contributed by atoms with Crippen LogP contribution < -0.4 is 9.84 Å². The van der Waals surface area contributed by atoms with Crippen molar-refractivity contribution >= 4 is 5.76 Å². The first-order chi connectivity index (χ1) is 10.8. The van der Waals surface area contributed by atoms with E-state index in [-0.39, 0.29) is 22.8 Å². The van der Waals surface area contributed by atoms with Gasteiger partial charge in [-0.25, -0.2) is 12.1 Å². The normalized spacial score (nSPS) is 12.2. The van der Waals surface area contributed by atoms with Gasteiger partial charge in [-0.2, -0.15) is 18.2 Å². The van der Waals surface area contributed by atoms with E-state index >= 15 is 0 Å². The Morgan fingerprint density at radius 1 is 1.09 bits per heavy atom. The molecule has 0 radical (unpaired) electrons. The van der Waals surface area contributed by atoms with Gasteiger partial charge in [0.25, 0.3) is 0 Å². The van der Waals surface area contributed by atoms with E-state index in [0.717, 1.165) is 5.57 Å². The van der Waals surface area contributed by atoms with E-state index in [1.807, 2.05) is 72.8 Å². The Morgan fingerprint density at radius 3 is 2.35 bits per heavy atom. The standard InChI is InChI=1S/C15H14O2.C5H5.Fe/c1-17-14-8-4-7-13(11-14)15(16)10-9-12-5-2-3-6-12;1-2-4-5-3-1;/h2-11,16H,1H3;1-5H;/q;-1;+2/p-1/b15-10-;;. The molecule has 0 aromatic heterocycles. The van der Waals surface area contributed by atoms with Gasteiger partial charge in [-0.05, 0) is 23.3 Å². The Kier molecular flexibility index (Phi) is 8.44. The fourth-order valence-corrected chi connectivity index (χ4v) is 1.87. The maximum Gasteiger partial charge on any atom is 2.00 e. The van der Waals surface area contributed by atoms with Crippen LogP contribution in [0.15, 0.2) is 96.6 Å². The van der Waals surface area contributed by atoms with Crippen LogP contribution in [-0.2, 0) is 17.1 Å². The molecule has 0 fully saturated rings. The van der Waals surface area contributed by atoms with E-state index in [1.165, 1.54) is 0 Å². The van der Waals surface area contributed by atoms with Gasteiger partial charge in [0.15, 0.2) is 0 Å². The van der Waals surface area contributed by atoms with Crippen molar-refractivity contribution in [3.05, 3.63) is 102 Å². The van der Waals surface area contributed by atoms with Crippen LogP contribution in [-0.4, -0.2) is 7.11 Å². The predicted molar refractivity (Wildman–Crippen MR) is 89.4 cm³/mol. The van der Waals surface area contributed by atoms with Crippen molar-refractivity contribution in [1.82, 2.24) is 0 Å². The number of hydrogen-bond acceptors (Lipinski definition) is 2. The first-order valence-corrected chi connectivity index (χ1v) is 7.04. The molecule has 2 aromatic rings. The molecule has 0 saturated carbocycles. The van der Waals surface area contributed by atoms with Gasteiger partial charge in [-0.3, -0.25) is 0 Å². The van der Waals surface area contributed by atoms with Gasteiger partial charge in [0, 0.05) is 0 Å². The van der Waals surface area contributed by atoms with Crippen LogP contribution in [0.1, 0.15) is 5.56 Å². The zero-order valence-corrected chi connectivity index (χ0v) is 13.9. The van der Waals surface area contributed by atoms with Gasteiger partial charge in [0.2, 0.25) is 0 Å². The predicted octanol–water partition coefficient (Wildman–Crippen LogP) is 3.85. The van der Waals surface area contributed by atoms with E-state index in [1.54, 1.807) is 25.3 Å². The van der Waals surface area contributed by atoms with Crippen molar-refractivity contribution < 1.29 is 26.9 Å². The molecule has 2 nitrogen and oxygen atoms in total. The zero-order valence-electron chi connectivity index (χ0n) is 12.8. The first kappa shape index (κ1) is 18.7. The Morgan fingerprint density at radius 2 is 1.78 bits per heavy atom. The summed E-state index contributed by atoms with van der Waals surface area (Å²) in [5.74, 6) is 0.669. The van der Waals surface area contributed by atoms with Gasteiger partial charge in [-0.1, -0.05) is 48.6 Å². The fourth-order valence-electron chi connectivity index (χ4n) is 1.87. The summed E-state index contributed by atoms with van der Waals surface area (Å²) in [6.07, 6.45) is 11.2. The van der Waals surface area contributed by atoms with Crippen molar-refractivity contribution in [3.8, 4) is 5.75 Å². The van der Waals surface area contributed by atoms with Crippen molar-refractivity contribution in [3.63, 3.8) is 0 Å². The number of allylic oxidation sites excluding steroid dienone is 7. The molecule has 118 valence electrons. The van der Waals surface area contributed by atoms with Crippen molar-refractivity contribution in [2.75, 3.05) is 7.11 Å². The van der Waals surface area contributed by atoms with E-state index in [9.17, 15) is 5.11 Å². The molecule has 23 heavy (non-hydrogen) atoms. The minimum absolute atomic E-state index is 0. The summed E-state index contributed by atoms with van der Waals surface area (Å²) in [7, 11) is 1.59. The summed E-state index contributed by atoms with van der Waals surface area (Å²) in [4.78, 5) is 0. The van der Waals surface area contributed by atoms with Gasteiger partial charge >= 0.3 is 17.1 Å². The molecule has 1 aliphatic carbocycles. The molecular formula is C20H18FeO2. The minimum atomic E-state index is -0.0231. The molecule has 0 aliphatic heterocycles. The monoisotopic (exact) mass is 346 g/mol. The van der Waals surface area contributed by atoms with E-state index < -0.39 is 0 Å². The second kappa shape index (κ2) is 10.4. The van der Waals surface area contributed by atoms with Gasteiger partial charge in [0.05, 0.1) is 7.11 Å². The van der Waals surface area contributed by atoms with Crippen LogP contribution in [0.4, 0.5) is 0 Å². The van der Waals surface area contributed by atoms with Crippen molar-refractivity contribution in [1.29, 1.82) is 0 Å². The van der Waals surface area contributed by atoms with Crippen LogP contribution >= 0.6 is 0 Å². The summed E-state index contributed by atoms with van der Waals surface area (Å²) < 4.78 is 5.08. The largest absolute Gasteiger partial charge is 2.00 e. The molecule has 0 heterocycles. The summed E-state index contributed by atoms with van der Waals surface area (Å²) in [6.45, 7) is 0. The van der Waals surface area contributed by atoms with Crippen LogP contribution in [0.5, 0.6) is 5.75 Å². The zero-order chi connectivity index (χ0) is 15.6. The second-order valence-corrected chi connectivity index (χ2v) is 4.61. The van der Waals surface area contributed by atoms with Gasteiger partial charge in [0.1, 0.15) is 5.75 Å². The molecule has 3 heteroatoms. The van der Waals surface area contributed by atoms with E-state index in [0.29, 0.717) is 11.3 Å². The number of ether oxygens (including phenoxy) is 1. The second-order valence-electron chi connectivity index (χ2n) is 4.61. The molecule has 0 N–H and O–H groups in total. The third kappa shape index (κ3) is 6.52. The van der Waals surface area contributed by atoms with Crippen molar-refractivity contribution in [2.45, 2.75) is 0 Å². The molecule has 2 aromatic carbocycles. The van der Waals surface area contributed by atoms with Crippen LogP contribution in [0.3, 0.4) is 0 Å². The summed E-state index contributed by atoms with van der Waals surface area (Å²) in [5.41, 5.74) is 1.66. The number of benzene rings is 1. The minimum Gasteiger partial charge on any atom is -0.872 e. The fraction of sp³-hybridized carbons (Fsp3) is 0.0500. The van der Waals surface area contributed by atoms with E-state index in [2.05, 4.69) is 0 Å². The first-order valence-electron chi connectivity index (χ1n) is 7.04. The summed E-state index contributed by atoms with van der Waals surface area (Å²) >= 11 is 0. The maximum atomic E-state index is 11.9. The quantitative estimate of drug-likeness (QED) is 0.480. The van der Waals surface area contributed by atoms with Gasteiger partial charge in [-0.15, -0.1) is 5.76 Å². The average Bonchev–Trinajstić information content (AvgIpc) is 3.28. The molecule has 0 atom stereocenters. The topological polar surface area (TPSA) is 32.3 Å². The Labute approximate surface area is 148 Å². The molecule has 0 spiro atoms. The smallest absolute Gasteiger partial charge is 0.872 e. The number of hydrogen-bond donors (Lipinski definition) is 0. The Balaban J connectivity index is 0.000000377. The third-order valence-electron chi connectivity index (χ3n) is 3.03. The van der Waals surface area contributed by atoms with Gasteiger partial charge < -0.3 is 9.84 Å². The Bertz CT molecular complexity index is 661. The Hall–Kier alpha value is -2.35. The van der Waals surface area contributed by atoms with Crippen molar-refractivity contribution in [2.24, 2.45) is 0 Å². The number of rotatable bonds is 3. The molecule has 1 aliphatic rings.